The van der Waals surface area contributed by atoms with Crippen LogP contribution >= 0.6 is 0 Å². The van der Waals surface area contributed by atoms with Crippen molar-refractivity contribution in [2.24, 2.45) is 0 Å². The molecule has 1 saturated heterocycles. The number of benzene rings is 1. The second-order valence-electron chi connectivity index (χ2n) is 2.70. The monoisotopic (exact) mass is 166 g/mol. The van der Waals surface area contributed by atoms with Crippen LogP contribution in [-0.2, 0) is 4.74 Å². The summed E-state index contributed by atoms with van der Waals surface area (Å²) in [7, 11) is 0. The molecule has 64 valence electrons. The van der Waals surface area contributed by atoms with Crippen LogP contribution in [0.4, 0.5) is 0 Å². The van der Waals surface area contributed by atoms with Crippen LogP contribution in [0.5, 0.6) is 11.5 Å². The van der Waals surface area contributed by atoms with E-state index in [0.717, 1.165) is 13.0 Å². The van der Waals surface area contributed by atoms with E-state index in [1.165, 1.54) is 0 Å². The molecular formula is C9H10O3. The molecule has 3 heteroatoms. The molecule has 0 bridgehead atoms. The Morgan fingerprint density at radius 3 is 2.92 bits per heavy atom. The van der Waals surface area contributed by atoms with Gasteiger partial charge >= 0.3 is 0 Å². The number of ether oxygens (including phenoxy) is 2. The third kappa shape index (κ3) is 1.51. The van der Waals surface area contributed by atoms with Crippen LogP contribution in [0.2, 0.25) is 0 Å². The number of phenols is 1. The van der Waals surface area contributed by atoms with Crippen molar-refractivity contribution in [2.45, 2.75) is 12.7 Å². The Balaban J connectivity index is 2.02. The van der Waals surface area contributed by atoms with E-state index in [4.69, 9.17) is 14.6 Å². The van der Waals surface area contributed by atoms with Gasteiger partial charge < -0.3 is 14.6 Å². The first-order chi connectivity index (χ1) is 5.84. The first-order valence-electron chi connectivity index (χ1n) is 3.92. The lowest BCUT2D eigenvalue weighted by atomic mass is 10.3. The fourth-order valence-corrected chi connectivity index (χ4v) is 1.02. The Labute approximate surface area is 70.5 Å². The minimum absolute atomic E-state index is 0.119. The molecule has 0 radical (unpaired) electrons. The Hall–Kier alpha value is -1.22. The first-order valence-corrected chi connectivity index (χ1v) is 3.92. The summed E-state index contributed by atoms with van der Waals surface area (Å²) in [5, 5.41) is 9.10. The first kappa shape index (κ1) is 7.43. The van der Waals surface area contributed by atoms with Gasteiger partial charge in [-0.2, -0.15) is 0 Å². The fourth-order valence-electron chi connectivity index (χ4n) is 1.02. The number of hydrogen-bond acceptors (Lipinski definition) is 3. The number of aromatic hydroxyl groups is 1. The number of hydrogen-bond donors (Lipinski definition) is 1. The highest BCUT2D eigenvalue weighted by Gasteiger charge is 2.19. The molecule has 1 aromatic rings. The maximum Gasteiger partial charge on any atom is 0.202 e. The normalized spacial score (nSPS) is 21.5. The predicted octanol–water partition coefficient (Wildman–Crippen LogP) is 1.52. The molecule has 1 aliphatic rings. The lowest BCUT2D eigenvalue weighted by molar-refractivity contribution is -0.165. The van der Waals surface area contributed by atoms with E-state index in [0.29, 0.717) is 5.75 Å². The summed E-state index contributed by atoms with van der Waals surface area (Å²) in [6.07, 6.45) is 0.808. The minimum Gasteiger partial charge on any atom is -0.508 e. The van der Waals surface area contributed by atoms with E-state index < -0.39 is 0 Å². The van der Waals surface area contributed by atoms with E-state index >= 15 is 0 Å². The lowest BCUT2D eigenvalue weighted by Gasteiger charge is -2.26. The van der Waals surface area contributed by atoms with Gasteiger partial charge in [-0.1, -0.05) is 6.07 Å². The Morgan fingerprint density at radius 1 is 1.50 bits per heavy atom. The van der Waals surface area contributed by atoms with Gasteiger partial charge in [0.05, 0.1) is 6.61 Å². The van der Waals surface area contributed by atoms with Crippen LogP contribution in [0, 0.1) is 0 Å². The molecule has 0 amide bonds. The van der Waals surface area contributed by atoms with Crippen molar-refractivity contribution in [2.75, 3.05) is 6.61 Å². The third-order valence-electron chi connectivity index (χ3n) is 1.74. The molecule has 1 N–H and O–H groups in total. The van der Waals surface area contributed by atoms with Crippen molar-refractivity contribution in [3.8, 4) is 11.5 Å². The van der Waals surface area contributed by atoms with Crippen LogP contribution in [0.15, 0.2) is 24.3 Å². The molecule has 12 heavy (non-hydrogen) atoms. The molecule has 1 heterocycles. The molecule has 1 fully saturated rings. The molecule has 2 rings (SSSR count). The van der Waals surface area contributed by atoms with Gasteiger partial charge in [0.1, 0.15) is 11.5 Å². The van der Waals surface area contributed by atoms with Gasteiger partial charge in [0.15, 0.2) is 0 Å². The van der Waals surface area contributed by atoms with Gasteiger partial charge in [-0.05, 0) is 12.1 Å². The SMILES string of the molecule is Oc1cccc(OC2CCO2)c1. The van der Waals surface area contributed by atoms with Crippen molar-refractivity contribution in [3.05, 3.63) is 24.3 Å². The molecule has 1 atom stereocenters. The van der Waals surface area contributed by atoms with Crippen molar-refractivity contribution in [1.82, 2.24) is 0 Å². The van der Waals surface area contributed by atoms with Gasteiger partial charge in [0.2, 0.25) is 6.29 Å². The van der Waals surface area contributed by atoms with Crippen LogP contribution in [0.1, 0.15) is 6.42 Å². The van der Waals surface area contributed by atoms with E-state index in [9.17, 15) is 0 Å². The van der Waals surface area contributed by atoms with E-state index in [2.05, 4.69) is 0 Å². The molecule has 3 nitrogen and oxygen atoms in total. The molecule has 0 spiro atoms. The average Bonchev–Trinajstić information content (AvgIpc) is 1.97. The standard InChI is InChI=1S/C9H10O3/c10-7-2-1-3-8(6-7)12-9-4-5-11-9/h1-3,6,9-10H,4-5H2. The maximum atomic E-state index is 9.10. The zero-order chi connectivity index (χ0) is 8.39. The van der Waals surface area contributed by atoms with Gasteiger partial charge in [-0.15, -0.1) is 0 Å². The Bertz CT molecular complexity index is 268. The van der Waals surface area contributed by atoms with Crippen LogP contribution in [0.3, 0.4) is 0 Å². The van der Waals surface area contributed by atoms with Crippen molar-refractivity contribution >= 4 is 0 Å². The summed E-state index contributed by atoms with van der Waals surface area (Å²) >= 11 is 0. The van der Waals surface area contributed by atoms with Crippen LogP contribution in [0.25, 0.3) is 0 Å². The second kappa shape index (κ2) is 3.03. The van der Waals surface area contributed by atoms with Gasteiger partial charge in [0, 0.05) is 12.5 Å². The van der Waals surface area contributed by atoms with Gasteiger partial charge in [-0.3, -0.25) is 0 Å². The average molecular weight is 166 g/mol. The van der Waals surface area contributed by atoms with E-state index in [1.54, 1.807) is 24.3 Å². The molecule has 1 aliphatic heterocycles. The summed E-state index contributed by atoms with van der Waals surface area (Å²) in [5.74, 6) is 0.867. The molecule has 1 unspecified atom stereocenters. The minimum atomic E-state index is -0.119. The largest absolute Gasteiger partial charge is 0.508 e. The molecule has 0 aromatic heterocycles. The summed E-state index contributed by atoms with van der Waals surface area (Å²) in [5.41, 5.74) is 0. The van der Waals surface area contributed by atoms with Gasteiger partial charge in [-0.25, -0.2) is 0 Å². The van der Waals surface area contributed by atoms with E-state index in [1.807, 2.05) is 0 Å². The highest BCUT2D eigenvalue weighted by molar-refractivity contribution is 5.31. The number of rotatable bonds is 2. The highest BCUT2D eigenvalue weighted by Crippen LogP contribution is 2.22. The molecule has 0 saturated carbocycles. The number of phenolic OH excluding ortho intramolecular Hbond substituents is 1. The smallest absolute Gasteiger partial charge is 0.202 e. The highest BCUT2D eigenvalue weighted by atomic mass is 16.7. The van der Waals surface area contributed by atoms with Crippen molar-refractivity contribution < 1.29 is 14.6 Å². The topological polar surface area (TPSA) is 38.7 Å². The predicted molar refractivity (Wildman–Crippen MR) is 43.1 cm³/mol. The Kier molecular flexibility index (Phi) is 1.87. The molecule has 1 aromatic carbocycles. The maximum absolute atomic E-state index is 9.10. The van der Waals surface area contributed by atoms with Crippen LogP contribution < -0.4 is 4.74 Å². The summed E-state index contributed by atoms with van der Waals surface area (Å²) in [4.78, 5) is 0. The Morgan fingerprint density at radius 2 is 2.33 bits per heavy atom. The van der Waals surface area contributed by atoms with E-state index in [-0.39, 0.29) is 12.0 Å². The van der Waals surface area contributed by atoms with Gasteiger partial charge in [0.25, 0.3) is 0 Å². The zero-order valence-corrected chi connectivity index (χ0v) is 6.56. The zero-order valence-electron chi connectivity index (χ0n) is 6.56. The summed E-state index contributed by atoms with van der Waals surface area (Å²) in [6, 6.07) is 6.71. The van der Waals surface area contributed by atoms with Crippen LogP contribution in [-0.4, -0.2) is 18.0 Å². The summed E-state index contributed by atoms with van der Waals surface area (Å²) < 4.78 is 10.4. The second-order valence-corrected chi connectivity index (χ2v) is 2.70. The third-order valence-corrected chi connectivity index (χ3v) is 1.74. The summed E-state index contributed by atoms with van der Waals surface area (Å²) in [6.45, 7) is 0.767. The molecular weight excluding hydrogens is 156 g/mol. The molecule has 0 aliphatic carbocycles. The lowest BCUT2D eigenvalue weighted by Crippen LogP contribution is -2.32. The van der Waals surface area contributed by atoms with Crippen molar-refractivity contribution in [3.63, 3.8) is 0 Å². The fraction of sp³-hybridized carbons (Fsp3) is 0.333. The quantitative estimate of drug-likeness (QED) is 0.723. The van der Waals surface area contributed by atoms with Crippen molar-refractivity contribution in [1.29, 1.82) is 0 Å².